The van der Waals surface area contributed by atoms with Crippen molar-refractivity contribution in [2.75, 3.05) is 11.9 Å². The van der Waals surface area contributed by atoms with Crippen LogP contribution in [0.15, 0.2) is 24.5 Å². The number of nitrogens with one attached hydrogen (secondary N) is 1. The van der Waals surface area contributed by atoms with Gasteiger partial charge in [0.1, 0.15) is 5.82 Å². The first-order valence-electron chi connectivity index (χ1n) is 6.03. The molecule has 0 atom stereocenters. The van der Waals surface area contributed by atoms with Gasteiger partial charge in [-0.2, -0.15) is 4.37 Å². The minimum Gasteiger partial charge on any atom is -0.360 e. The second kappa shape index (κ2) is 5.44. The summed E-state index contributed by atoms with van der Waals surface area (Å²) in [7, 11) is 0. The number of nitrogens with zero attached hydrogens (tertiary/aromatic N) is 3. The fourth-order valence-corrected chi connectivity index (χ4v) is 2.24. The molecule has 0 radical (unpaired) electrons. The maximum absolute atomic E-state index is 4.50. The van der Waals surface area contributed by atoms with Crippen molar-refractivity contribution < 1.29 is 0 Å². The molecule has 4 nitrogen and oxygen atoms in total. The Morgan fingerprint density at radius 3 is 2.56 bits per heavy atom. The largest absolute Gasteiger partial charge is 0.360 e. The van der Waals surface area contributed by atoms with Gasteiger partial charge >= 0.3 is 0 Å². The van der Waals surface area contributed by atoms with Crippen LogP contribution >= 0.6 is 11.5 Å². The fraction of sp³-hybridized carbons (Fsp3) is 0.462. The molecule has 0 fully saturated rings. The molecule has 0 aliphatic rings. The van der Waals surface area contributed by atoms with Crippen molar-refractivity contribution in [3.8, 4) is 0 Å². The summed E-state index contributed by atoms with van der Waals surface area (Å²) in [5.74, 6) is 0.902. The molecule has 0 spiro atoms. The second-order valence-corrected chi connectivity index (χ2v) is 5.96. The lowest BCUT2D eigenvalue weighted by molar-refractivity contribution is 0.555. The van der Waals surface area contributed by atoms with Crippen molar-refractivity contribution in [2.45, 2.75) is 32.6 Å². The summed E-state index contributed by atoms with van der Waals surface area (Å²) in [5.41, 5.74) is 1.29. The van der Waals surface area contributed by atoms with Crippen LogP contribution in [0.2, 0.25) is 0 Å². The number of pyridine rings is 1. The normalized spacial score (nSPS) is 11.5. The summed E-state index contributed by atoms with van der Waals surface area (Å²) >= 11 is 1.43. The van der Waals surface area contributed by atoms with E-state index in [1.54, 1.807) is 0 Å². The number of aromatic nitrogens is 3. The Kier molecular flexibility index (Phi) is 3.91. The smallest absolute Gasteiger partial charge is 0.202 e. The molecule has 0 amide bonds. The van der Waals surface area contributed by atoms with Gasteiger partial charge in [-0.15, -0.1) is 0 Å². The van der Waals surface area contributed by atoms with Gasteiger partial charge in [-0.25, -0.2) is 4.98 Å². The Balaban J connectivity index is 1.86. The molecule has 96 valence electrons. The van der Waals surface area contributed by atoms with Crippen molar-refractivity contribution in [2.24, 2.45) is 0 Å². The van der Waals surface area contributed by atoms with E-state index in [4.69, 9.17) is 0 Å². The highest BCUT2D eigenvalue weighted by Gasteiger charge is 2.19. The molecular formula is C13H18N4S. The van der Waals surface area contributed by atoms with E-state index in [1.807, 2.05) is 24.5 Å². The van der Waals surface area contributed by atoms with Crippen LogP contribution in [0.3, 0.4) is 0 Å². The average molecular weight is 262 g/mol. The van der Waals surface area contributed by atoms with Crippen molar-refractivity contribution in [3.63, 3.8) is 0 Å². The molecule has 2 aromatic heterocycles. The first-order chi connectivity index (χ1) is 8.55. The zero-order chi connectivity index (χ0) is 13.0. The predicted octanol–water partition coefficient (Wildman–Crippen LogP) is 2.89. The van der Waals surface area contributed by atoms with Gasteiger partial charge < -0.3 is 5.32 Å². The highest BCUT2D eigenvalue weighted by atomic mass is 32.1. The monoisotopic (exact) mass is 262 g/mol. The van der Waals surface area contributed by atoms with Crippen LogP contribution in [-0.2, 0) is 11.8 Å². The summed E-state index contributed by atoms with van der Waals surface area (Å²) in [6.45, 7) is 7.23. The van der Waals surface area contributed by atoms with Gasteiger partial charge in [0.15, 0.2) is 0 Å². The molecule has 0 aromatic carbocycles. The number of rotatable bonds is 4. The van der Waals surface area contributed by atoms with E-state index in [0.717, 1.165) is 23.9 Å². The molecule has 5 heteroatoms. The highest BCUT2D eigenvalue weighted by molar-refractivity contribution is 7.09. The minimum atomic E-state index is 0.0154. The standard InChI is InChI=1S/C13H18N4S/c1-13(2,3)11-16-12(18-17-11)15-9-6-10-4-7-14-8-5-10/h4-5,7-8H,6,9H2,1-3H3,(H,15,16,17). The average Bonchev–Trinajstić information content (AvgIpc) is 2.79. The van der Waals surface area contributed by atoms with Crippen LogP contribution in [-0.4, -0.2) is 20.9 Å². The Labute approximate surface area is 112 Å². The Morgan fingerprint density at radius 2 is 1.94 bits per heavy atom. The lowest BCUT2D eigenvalue weighted by Gasteiger charge is -2.12. The molecule has 2 heterocycles. The van der Waals surface area contributed by atoms with Crippen LogP contribution in [0.4, 0.5) is 5.13 Å². The van der Waals surface area contributed by atoms with Gasteiger partial charge in [0.05, 0.1) is 0 Å². The molecule has 1 N–H and O–H groups in total. The van der Waals surface area contributed by atoms with E-state index in [2.05, 4.69) is 40.4 Å². The van der Waals surface area contributed by atoms with E-state index in [1.165, 1.54) is 17.1 Å². The molecule has 0 bridgehead atoms. The van der Waals surface area contributed by atoms with Crippen LogP contribution in [0.1, 0.15) is 32.2 Å². The van der Waals surface area contributed by atoms with Crippen LogP contribution in [0.5, 0.6) is 0 Å². The second-order valence-electron chi connectivity index (χ2n) is 5.21. The van der Waals surface area contributed by atoms with Crippen molar-refractivity contribution in [3.05, 3.63) is 35.9 Å². The van der Waals surface area contributed by atoms with Gasteiger partial charge in [0.25, 0.3) is 0 Å². The van der Waals surface area contributed by atoms with Crippen molar-refractivity contribution in [1.82, 2.24) is 14.3 Å². The maximum atomic E-state index is 4.50. The number of anilines is 1. The Bertz CT molecular complexity index is 487. The van der Waals surface area contributed by atoms with E-state index in [9.17, 15) is 0 Å². The molecule has 0 saturated carbocycles. The lowest BCUT2D eigenvalue weighted by Crippen LogP contribution is -2.13. The topological polar surface area (TPSA) is 50.7 Å². The van der Waals surface area contributed by atoms with Crippen LogP contribution in [0.25, 0.3) is 0 Å². The number of hydrogen-bond donors (Lipinski definition) is 1. The lowest BCUT2D eigenvalue weighted by atomic mass is 9.96. The van der Waals surface area contributed by atoms with Crippen LogP contribution < -0.4 is 5.32 Å². The molecule has 0 unspecified atom stereocenters. The summed E-state index contributed by atoms with van der Waals surface area (Å²) in [4.78, 5) is 8.50. The zero-order valence-electron chi connectivity index (χ0n) is 11.0. The predicted molar refractivity (Wildman–Crippen MR) is 75.0 cm³/mol. The van der Waals surface area contributed by atoms with Gasteiger partial charge in [0, 0.05) is 35.9 Å². The first-order valence-corrected chi connectivity index (χ1v) is 6.80. The van der Waals surface area contributed by atoms with Gasteiger partial charge in [-0.05, 0) is 24.1 Å². The third-order valence-electron chi connectivity index (χ3n) is 2.54. The summed E-state index contributed by atoms with van der Waals surface area (Å²) < 4.78 is 4.37. The van der Waals surface area contributed by atoms with Gasteiger partial charge in [0.2, 0.25) is 5.13 Å². The zero-order valence-corrected chi connectivity index (χ0v) is 11.8. The number of hydrogen-bond acceptors (Lipinski definition) is 5. The summed E-state index contributed by atoms with van der Waals surface area (Å²) in [5, 5.41) is 4.21. The van der Waals surface area contributed by atoms with Gasteiger partial charge in [-0.1, -0.05) is 20.8 Å². The van der Waals surface area contributed by atoms with Gasteiger partial charge in [-0.3, -0.25) is 4.98 Å². The molecule has 18 heavy (non-hydrogen) atoms. The summed E-state index contributed by atoms with van der Waals surface area (Å²) in [6.07, 6.45) is 4.60. The molecule has 2 rings (SSSR count). The highest BCUT2D eigenvalue weighted by Crippen LogP contribution is 2.22. The minimum absolute atomic E-state index is 0.0154. The third kappa shape index (κ3) is 3.50. The fourth-order valence-electron chi connectivity index (χ4n) is 1.46. The SMILES string of the molecule is CC(C)(C)c1nsc(NCCc2ccncc2)n1. The van der Waals surface area contributed by atoms with E-state index < -0.39 is 0 Å². The quantitative estimate of drug-likeness (QED) is 0.920. The van der Waals surface area contributed by atoms with Crippen molar-refractivity contribution in [1.29, 1.82) is 0 Å². The Morgan fingerprint density at radius 1 is 1.22 bits per heavy atom. The van der Waals surface area contributed by atoms with E-state index >= 15 is 0 Å². The molecule has 0 saturated heterocycles. The Hall–Kier alpha value is -1.49. The maximum Gasteiger partial charge on any atom is 0.202 e. The third-order valence-corrected chi connectivity index (χ3v) is 3.21. The van der Waals surface area contributed by atoms with E-state index in [0.29, 0.717) is 0 Å². The van der Waals surface area contributed by atoms with Crippen molar-refractivity contribution >= 4 is 16.7 Å². The van der Waals surface area contributed by atoms with E-state index in [-0.39, 0.29) is 5.41 Å². The molecule has 0 aliphatic heterocycles. The van der Waals surface area contributed by atoms with Crippen LogP contribution in [0, 0.1) is 0 Å². The first kappa shape index (κ1) is 13.0. The summed E-state index contributed by atoms with van der Waals surface area (Å²) in [6, 6.07) is 4.06. The molecule has 2 aromatic rings. The molecular weight excluding hydrogens is 244 g/mol. The molecule has 0 aliphatic carbocycles.